The molecule has 0 saturated carbocycles. The quantitative estimate of drug-likeness (QED) is 0.570. The van der Waals surface area contributed by atoms with E-state index in [4.69, 9.17) is 0 Å². The van der Waals surface area contributed by atoms with Gasteiger partial charge in [0.15, 0.2) is 5.82 Å². The second-order valence-electron chi connectivity index (χ2n) is 9.41. The zero-order valence-electron chi connectivity index (χ0n) is 19.3. The fourth-order valence-electron chi connectivity index (χ4n) is 5.48. The molecule has 178 valence electrons. The van der Waals surface area contributed by atoms with Crippen LogP contribution < -0.4 is 10.6 Å². The minimum Gasteiger partial charge on any atom is -0.325 e. The molecule has 4 amide bonds. The van der Waals surface area contributed by atoms with Crippen LogP contribution in [0.3, 0.4) is 0 Å². The summed E-state index contributed by atoms with van der Waals surface area (Å²) in [6.07, 6.45) is 5.60. The first-order valence-electron chi connectivity index (χ1n) is 12.1. The van der Waals surface area contributed by atoms with Crippen LogP contribution >= 0.6 is 0 Å². The smallest absolute Gasteiger partial charge is 0.325 e. The first-order chi connectivity index (χ1) is 17.0. The number of hydrogen-bond donors (Lipinski definition) is 2. The summed E-state index contributed by atoms with van der Waals surface area (Å²) >= 11 is 0. The van der Waals surface area contributed by atoms with Gasteiger partial charge in [-0.25, -0.2) is 4.79 Å². The molecule has 9 heteroatoms. The van der Waals surface area contributed by atoms with Crippen LogP contribution in [0.25, 0.3) is 11.4 Å². The molecule has 9 nitrogen and oxygen atoms in total. The van der Waals surface area contributed by atoms with Crippen LogP contribution in [0.2, 0.25) is 0 Å². The van der Waals surface area contributed by atoms with Crippen LogP contribution in [0.4, 0.5) is 10.5 Å². The predicted molar refractivity (Wildman–Crippen MR) is 128 cm³/mol. The van der Waals surface area contributed by atoms with E-state index in [1.54, 1.807) is 12.1 Å². The third-order valence-corrected chi connectivity index (χ3v) is 7.26. The number of hydrogen-bond acceptors (Lipinski definition) is 5. The highest BCUT2D eigenvalue weighted by Crippen LogP contribution is 2.41. The lowest BCUT2D eigenvalue weighted by Gasteiger charge is -2.22. The van der Waals surface area contributed by atoms with E-state index in [9.17, 15) is 14.4 Å². The van der Waals surface area contributed by atoms with Gasteiger partial charge in [-0.2, -0.15) is 0 Å². The van der Waals surface area contributed by atoms with Crippen LogP contribution in [0.15, 0.2) is 48.5 Å². The Morgan fingerprint density at radius 3 is 2.69 bits per heavy atom. The molecule has 2 aliphatic heterocycles. The summed E-state index contributed by atoms with van der Waals surface area (Å²) in [4.78, 5) is 39.7. The van der Waals surface area contributed by atoms with Crippen molar-refractivity contribution in [1.82, 2.24) is 25.0 Å². The number of nitrogens with one attached hydrogen (secondary N) is 2. The molecule has 35 heavy (non-hydrogen) atoms. The molecule has 0 unspecified atom stereocenters. The molecule has 1 aromatic heterocycles. The predicted octanol–water partition coefficient (Wildman–Crippen LogP) is 3.00. The van der Waals surface area contributed by atoms with E-state index in [-0.39, 0.29) is 12.5 Å². The second-order valence-corrected chi connectivity index (χ2v) is 9.41. The summed E-state index contributed by atoms with van der Waals surface area (Å²) in [7, 11) is 0. The molecule has 2 aromatic carbocycles. The fourth-order valence-corrected chi connectivity index (χ4v) is 5.48. The first-order valence-corrected chi connectivity index (χ1v) is 12.1. The van der Waals surface area contributed by atoms with Crippen molar-refractivity contribution in [3.8, 4) is 11.4 Å². The van der Waals surface area contributed by atoms with Gasteiger partial charge in [-0.15, -0.1) is 10.2 Å². The Labute approximate surface area is 202 Å². The van der Waals surface area contributed by atoms with E-state index in [1.165, 1.54) is 6.42 Å². The molecular weight excluding hydrogens is 444 g/mol. The molecule has 0 radical (unpaired) electrons. The highest BCUT2D eigenvalue weighted by molar-refractivity contribution is 6.10. The first kappa shape index (κ1) is 21.5. The third-order valence-electron chi connectivity index (χ3n) is 7.26. The van der Waals surface area contributed by atoms with Crippen molar-refractivity contribution >= 4 is 23.5 Å². The second kappa shape index (κ2) is 8.33. The van der Waals surface area contributed by atoms with Gasteiger partial charge in [-0.05, 0) is 61.1 Å². The van der Waals surface area contributed by atoms with Crippen LogP contribution in [-0.4, -0.2) is 44.1 Å². The van der Waals surface area contributed by atoms with Crippen molar-refractivity contribution in [2.24, 2.45) is 0 Å². The normalized spacial score (nSPS) is 21.0. The topological polar surface area (TPSA) is 109 Å². The van der Waals surface area contributed by atoms with Gasteiger partial charge < -0.3 is 15.2 Å². The molecule has 1 spiro atoms. The zero-order chi connectivity index (χ0) is 24.0. The summed E-state index contributed by atoms with van der Waals surface area (Å²) in [5.41, 5.74) is 2.33. The van der Waals surface area contributed by atoms with E-state index < -0.39 is 17.5 Å². The van der Waals surface area contributed by atoms with Crippen LogP contribution in [0, 0.1) is 0 Å². The van der Waals surface area contributed by atoms with Gasteiger partial charge in [-0.3, -0.25) is 14.5 Å². The van der Waals surface area contributed by atoms with Crippen molar-refractivity contribution in [3.63, 3.8) is 0 Å². The molecule has 3 aliphatic rings. The third kappa shape index (κ3) is 3.58. The molecule has 1 atom stereocenters. The van der Waals surface area contributed by atoms with Crippen molar-refractivity contribution in [3.05, 3.63) is 65.5 Å². The standard InChI is InChI=1S/C26H26N6O3/c33-22(16-32-24(34)26(28-25(32)35)14-13-17-6-3-4-7-20(17)26)27-19-11-9-18(10-12-19)23-30-29-21-8-2-1-5-15-31(21)23/h3-4,6-7,9-12H,1-2,5,8,13-16H2,(H,27,33)(H,28,35)/t26-/m0/s1. The summed E-state index contributed by atoms with van der Waals surface area (Å²) < 4.78 is 2.18. The van der Waals surface area contributed by atoms with E-state index in [2.05, 4.69) is 25.4 Å². The summed E-state index contributed by atoms with van der Waals surface area (Å²) in [6, 6.07) is 14.5. The van der Waals surface area contributed by atoms with Gasteiger partial charge in [-0.1, -0.05) is 30.7 Å². The lowest BCUT2D eigenvalue weighted by molar-refractivity contribution is -0.134. The molecule has 2 N–H and O–H groups in total. The zero-order valence-corrected chi connectivity index (χ0v) is 19.3. The van der Waals surface area contributed by atoms with Crippen LogP contribution in [-0.2, 0) is 34.5 Å². The Kier molecular flexibility index (Phi) is 5.12. The maximum Gasteiger partial charge on any atom is 0.325 e. The summed E-state index contributed by atoms with van der Waals surface area (Å²) in [5.74, 6) is 1.05. The average Bonchev–Trinajstić information content (AvgIpc) is 3.44. The molecule has 1 aliphatic carbocycles. The van der Waals surface area contributed by atoms with Gasteiger partial charge >= 0.3 is 6.03 Å². The Hall–Kier alpha value is -4.01. The number of aromatic nitrogens is 3. The minimum atomic E-state index is -1.06. The van der Waals surface area contributed by atoms with Crippen LogP contribution in [0.5, 0.6) is 0 Å². The number of carbonyl (C=O) groups is 3. The average molecular weight is 471 g/mol. The number of carbonyl (C=O) groups excluding carboxylic acids is 3. The maximum atomic E-state index is 13.3. The van der Waals surface area contributed by atoms with Gasteiger partial charge in [0.2, 0.25) is 5.91 Å². The number of rotatable bonds is 4. The number of benzene rings is 2. The van der Waals surface area contributed by atoms with Gasteiger partial charge in [0, 0.05) is 24.2 Å². The van der Waals surface area contributed by atoms with Crippen molar-refractivity contribution < 1.29 is 14.4 Å². The Bertz CT molecular complexity index is 1330. The Balaban J connectivity index is 1.14. The van der Waals surface area contributed by atoms with E-state index in [0.29, 0.717) is 18.5 Å². The number of aryl methyl sites for hydroxylation is 2. The van der Waals surface area contributed by atoms with Gasteiger partial charge in [0.1, 0.15) is 17.9 Å². The number of amides is 4. The SMILES string of the molecule is O=C(CN1C(=O)N[C@]2(CCc3ccccc32)C1=O)Nc1ccc(-c2nnc3n2CCCCC3)cc1. The number of nitrogens with zero attached hydrogens (tertiary/aromatic N) is 4. The van der Waals surface area contributed by atoms with Crippen molar-refractivity contribution in [2.45, 2.75) is 50.6 Å². The van der Waals surface area contributed by atoms with Crippen LogP contribution in [0.1, 0.15) is 42.6 Å². The highest BCUT2D eigenvalue weighted by atomic mass is 16.2. The Morgan fingerprint density at radius 2 is 1.83 bits per heavy atom. The van der Waals surface area contributed by atoms with E-state index >= 15 is 0 Å². The maximum absolute atomic E-state index is 13.3. The molecule has 1 fully saturated rings. The van der Waals surface area contributed by atoms with E-state index in [1.807, 2.05) is 36.4 Å². The largest absolute Gasteiger partial charge is 0.325 e. The molecule has 0 bridgehead atoms. The highest BCUT2D eigenvalue weighted by Gasteiger charge is 2.55. The molecular formula is C26H26N6O3. The lowest BCUT2D eigenvalue weighted by atomic mass is 9.92. The number of urea groups is 1. The van der Waals surface area contributed by atoms with E-state index in [0.717, 1.165) is 59.0 Å². The fraction of sp³-hybridized carbons (Fsp3) is 0.346. The lowest BCUT2D eigenvalue weighted by Crippen LogP contribution is -2.42. The monoisotopic (exact) mass is 470 g/mol. The summed E-state index contributed by atoms with van der Waals surface area (Å²) in [5, 5.41) is 14.4. The molecule has 3 aromatic rings. The van der Waals surface area contributed by atoms with Gasteiger partial charge in [0.05, 0.1) is 0 Å². The van der Waals surface area contributed by atoms with Gasteiger partial charge in [0.25, 0.3) is 5.91 Å². The molecule has 3 heterocycles. The number of anilines is 1. The molecule has 1 saturated heterocycles. The number of imide groups is 1. The number of fused-ring (bicyclic) bond motifs is 3. The summed E-state index contributed by atoms with van der Waals surface area (Å²) in [6.45, 7) is 0.571. The Morgan fingerprint density at radius 1 is 1.00 bits per heavy atom. The van der Waals surface area contributed by atoms with Crippen molar-refractivity contribution in [2.75, 3.05) is 11.9 Å². The molecule has 6 rings (SSSR count). The minimum absolute atomic E-state index is 0.339. The van der Waals surface area contributed by atoms with Crippen molar-refractivity contribution in [1.29, 1.82) is 0 Å².